The number of nitrogens with zero attached hydrogens (tertiary/aromatic N) is 4. The number of hydrogen-bond donors (Lipinski definition) is 3. The second-order valence-electron chi connectivity index (χ2n) is 5.22. The molecule has 0 saturated heterocycles. The number of benzene rings is 1. The summed E-state index contributed by atoms with van der Waals surface area (Å²) in [4.78, 5) is 4.19. The van der Waals surface area contributed by atoms with Crippen LogP contribution in [0.2, 0.25) is 0 Å². The number of hydrogen-bond acceptors (Lipinski definition) is 8. The highest BCUT2D eigenvalue weighted by molar-refractivity contribution is 5.97. The summed E-state index contributed by atoms with van der Waals surface area (Å²) in [7, 11) is 0. The maximum Gasteiger partial charge on any atom is 0.314 e. The number of halogens is 2. The molecule has 1 aromatic carbocycles. The molecule has 0 bridgehead atoms. The molecule has 11 heteroatoms. The van der Waals surface area contributed by atoms with Gasteiger partial charge in [-0.05, 0) is 36.4 Å². The van der Waals surface area contributed by atoms with E-state index >= 15 is 0 Å². The highest BCUT2D eigenvalue weighted by Crippen LogP contribution is 2.23. The van der Waals surface area contributed by atoms with Crippen molar-refractivity contribution in [1.29, 1.82) is 0 Å². The van der Waals surface area contributed by atoms with E-state index in [0.29, 0.717) is 22.6 Å². The van der Waals surface area contributed by atoms with E-state index in [4.69, 9.17) is 20.7 Å². The zero-order valence-corrected chi connectivity index (χ0v) is 13.8. The summed E-state index contributed by atoms with van der Waals surface area (Å²) in [5.41, 5.74) is 9.57. The Morgan fingerprint density at radius 2 is 1.96 bits per heavy atom. The van der Waals surface area contributed by atoms with Gasteiger partial charge in [0, 0.05) is 11.8 Å². The number of amidine groups is 1. The number of alkyl halides is 2. The Labute approximate surface area is 152 Å². The number of rotatable bonds is 7. The van der Waals surface area contributed by atoms with Crippen LogP contribution in [0.3, 0.4) is 0 Å². The van der Waals surface area contributed by atoms with Gasteiger partial charge in [-0.2, -0.15) is 8.78 Å². The molecule has 0 aliphatic heterocycles. The number of hydrazine groups is 1. The van der Waals surface area contributed by atoms with Crippen LogP contribution in [0.15, 0.2) is 52.1 Å². The van der Waals surface area contributed by atoms with Crippen molar-refractivity contribution in [3.63, 3.8) is 0 Å². The first-order valence-corrected chi connectivity index (χ1v) is 7.65. The maximum atomic E-state index is 12.5. The number of aromatic nitrogens is 3. The largest absolute Gasteiger partial charge is 0.487 e. The van der Waals surface area contributed by atoms with Crippen LogP contribution in [0.25, 0.3) is 11.5 Å². The second kappa shape index (κ2) is 8.19. The third kappa shape index (κ3) is 4.52. The molecule has 2 aromatic heterocycles. The zero-order valence-electron chi connectivity index (χ0n) is 13.8. The van der Waals surface area contributed by atoms with Gasteiger partial charge in [0.15, 0.2) is 5.84 Å². The van der Waals surface area contributed by atoms with Gasteiger partial charge in [-0.25, -0.2) is 11.4 Å². The average Bonchev–Trinajstić information content (AvgIpc) is 3.18. The van der Waals surface area contributed by atoms with Gasteiger partial charge in [0.25, 0.3) is 5.89 Å². The van der Waals surface area contributed by atoms with Crippen molar-refractivity contribution >= 4 is 5.84 Å². The molecule has 5 N–H and O–H groups in total. The van der Waals surface area contributed by atoms with E-state index in [-0.39, 0.29) is 18.3 Å². The van der Waals surface area contributed by atoms with Crippen LogP contribution in [0.5, 0.6) is 5.75 Å². The molecule has 140 valence electrons. The SMILES string of the molecule is NN/N=C(\N)c1ccc(OCc2ccc(-c3nnc(C(F)F)o3)cn2)cc1. The minimum atomic E-state index is -2.81. The van der Waals surface area contributed by atoms with E-state index in [1.165, 1.54) is 6.20 Å². The number of nitrogens with two attached hydrogens (primary N) is 2. The molecule has 2 heterocycles. The standard InChI is InChI=1S/C16H15F2N7O2/c17-13(18)16-24-23-15(27-16)10-1-4-11(21-7-10)8-26-12-5-2-9(3-6-12)14(19)22-25-20/h1-7,13,25H,8,20H2,(H2,19,22). The molecule has 0 radical (unpaired) electrons. The Hall–Kier alpha value is -3.60. The molecule has 0 atom stereocenters. The molecule has 0 aliphatic rings. The number of hydrazone groups is 1. The molecule has 9 nitrogen and oxygen atoms in total. The Kier molecular flexibility index (Phi) is 5.52. The molecule has 0 aliphatic carbocycles. The fraction of sp³-hybridized carbons (Fsp3) is 0.125. The predicted molar refractivity (Wildman–Crippen MR) is 91.3 cm³/mol. The van der Waals surface area contributed by atoms with Crippen LogP contribution in [0.4, 0.5) is 8.78 Å². The minimum Gasteiger partial charge on any atom is -0.487 e. The lowest BCUT2D eigenvalue weighted by Gasteiger charge is -2.07. The summed E-state index contributed by atoms with van der Waals surface area (Å²) in [5, 5.41) is 10.5. The lowest BCUT2D eigenvalue weighted by Crippen LogP contribution is -2.22. The minimum absolute atomic E-state index is 0.0212. The van der Waals surface area contributed by atoms with E-state index in [2.05, 4.69) is 25.8 Å². The average molecular weight is 375 g/mol. The second-order valence-corrected chi connectivity index (χ2v) is 5.22. The third-order valence-corrected chi connectivity index (χ3v) is 3.42. The van der Waals surface area contributed by atoms with Crippen LogP contribution >= 0.6 is 0 Å². The van der Waals surface area contributed by atoms with Crippen molar-refractivity contribution in [2.75, 3.05) is 0 Å². The van der Waals surface area contributed by atoms with Crippen molar-refractivity contribution in [3.8, 4) is 17.2 Å². The summed E-state index contributed by atoms with van der Waals surface area (Å²) in [5.74, 6) is 5.18. The monoisotopic (exact) mass is 375 g/mol. The molecule has 0 amide bonds. The van der Waals surface area contributed by atoms with E-state index in [1.807, 2.05) is 0 Å². The normalized spacial score (nSPS) is 11.6. The van der Waals surface area contributed by atoms with E-state index in [0.717, 1.165) is 0 Å². The molecule has 0 unspecified atom stereocenters. The fourth-order valence-electron chi connectivity index (χ4n) is 2.09. The van der Waals surface area contributed by atoms with Crippen LogP contribution in [0.1, 0.15) is 23.6 Å². The number of nitrogens with one attached hydrogen (secondary N) is 1. The zero-order chi connectivity index (χ0) is 19.2. The smallest absolute Gasteiger partial charge is 0.314 e. The highest BCUT2D eigenvalue weighted by atomic mass is 19.3. The molecular formula is C16H15F2N7O2. The van der Waals surface area contributed by atoms with Crippen molar-refractivity contribution in [2.45, 2.75) is 13.0 Å². The molecule has 3 aromatic rings. The van der Waals surface area contributed by atoms with Gasteiger partial charge in [-0.15, -0.1) is 15.3 Å². The Morgan fingerprint density at radius 1 is 1.19 bits per heavy atom. The number of ether oxygens (including phenoxy) is 1. The van der Waals surface area contributed by atoms with E-state index < -0.39 is 12.3 Å². The lowest BCUT2D eigenvalue weighted by molar-refractivity contribution is 0.116. The first-order valence-electron chi connectivity index (χ1n) is 7.65. The first kappa shape index (κ1) is 18.2. The predicted octanol–water partition coefficient (Wildman–Crippen LogP) is 1.73. The summed E-state index contributed by atoms with van der Waals surface area (Å²) in [6.07, 6.45) is -1.37. The van der Waals surface area contributed by atoms with E-state index in [1.54, 1.807) is 36.4 Å². The molecule has 0 saturated carbocycles. The highest BCUT2D eigenvalue weighted by Gasteiger charge is 2.17. The Balaban J connectivity index is 1.60. The summed E-state index contributed by atoms with van der Waals surface area (Å²) in [6.45, 7) is 0.208. The van der Waals surface area contributed by atoms with Gasteiger partial charge in [-0.1, -0.05) is 0 Å². The Morgan fingerprint density at radius 3 is 2.56 bits per heavy atom. The summed E-state index contributed by atoms with van der Waals surface area (Å²) < 4.78 is 35.5. The van der Waals surface area contributed by atoms with Crippen molar-refractivity contribution in [1.82, 2.24) is 20.7 Å². The van der Waals surface area contributed by atoms with Crippen LogP contribution in [0, 0.1) is 0 Å². The van der Waals surface area contributed by atoms with Gasteiger partial charge in [0.05, 0.1) is 11.3 Å². The fourth-order valence-corrected chi connectivity index (χ4v) is 2.09. The summed E-state index contributed by atoms with van der Waals surface area (Å²) >= 11 is 0. The van der Waals surface area contributed by atoms with Gasteiger partial charge < -0.3 is 14.9 Å². The molecule has 0 spiro atoms. The quantitative estimate of drug-likeness (QED) is 0.246. The van der Waals surface area contributed by atoms with Crippen LogP contribution in [-0.2, 0) is 6.61 Å². The molecule has 0 fully saturated rings. The van der Waals surface area contributed by atoms with Gasteiger partial charge in [0.1, 0.15) is 12.4 Å². The van der Waals surface area contributed by atoms with Crippen LogP contribution < -0.4 is 21.8 Å². The van der Waals surface area contributed by atoms with Crippen molar-refractivity contribution in [3.05, 3.63) is 59.7 Å². The molecule has 27 heavy (non-hydrogen) atoms. The number of pyridine rings is 1. The topological polar surface area (TPSA) is 137 Å². The van der Waals surface area contributed by atoms with Gasteiger partial charge >= 0.3 is 6.43 Å². The van der Waals surface area contributed by atoms with Gasteiger partial charge in [0.2, 0.25) is 5.89 Å². The van der Waals surface area contributed by atoms with Crippen LogP contribution in [-0.4, -0.2) is 21.0 Å². The van der Waals surface area contributed by atoms with Crippen molar-refractivity contribution < 1.29 is 17.9 Å². The van der Waals surface area contributed by atoms with Crippen molar-refractivity contribution in [2.24, 2.45) is 16.7 Å². The third-order valence-electron chi connectivity index (χ3n) is 3.42. The molecule has 3 rings (SSSR count). The van der Waals surface area contributed by atoms with Gasteiger partial charge in [-0.3, -0.25) is 4.98 Å². The Bertz CT molecular complexity index is 911. The van der Waals surface area contributed by atoms with E-state index in [9.17, 15) is 8.78 Å². The maximum absolute atomic E-state index is 12.5. The molecular weight excluding hydrogens is 360 g/mol. The first-order chi connectivity index (χ1) is 13.1. The lowest BCUT2D eigenvalue weighted by atomic mass is 10.2. The summed E-state index contributed by atoms with van der Waals surface area (Å²) in [6, 6.07) is 10.2.